The van der Waals surface area contributed by atoms with Gasteiger partial charge in [0.15, 0.2) is 0 Å². The molecule has 2 heterocycles. The van der Waals surface area contributed by atoms with Crippen molar-refractivity contribution in [2.24, 2.45) is 0 Å². The second-order valence-electron chi connectivity index (χ2n) is 6.31. The monoisotopic (exact) mass is 360 g/mol. The summed E-state index contributed by atoms with van der Waals surface area (Å²) >= 11 is 1.70. The van der Waals surface area contributed by atoms with Crippen LogP contribution in [0.4, 0.5) is 5.69 Å². The van der Waals surface area contributed by atoms with Gasteiger partial charge in [-0.05, 0) is 43.3 Å². The number of rotatable bonds is 5. The maximum atomic E-state index is 12.5. The van der Waals surface area contributed by atoms with E-state index in [-0.39, 0.29) is 17.0 Å². The largest absolute Gasteiger partial charge is 0.381 e. The molecule has 25 heavy (non-hydrogen) atoms. The number of aryl methyl sites for hydroxylation is 1. The van der Waals surface area contributed by atoms with Gasteiger partial charge in [-0.3, -0.25) is 14.9 Å². The third-order valence-corrected chi connectivity index (χ3v) is 5.85. The lowest BCUT2D eigenvalue weighted by Gasteiger charge is -2.36. The Labute approximate surface area is 150 Å². The zero-order chi connectivity index (χ0) is 17.9. The van der Waals surface area contributed by atoms with Crippen LogP contribution in [0.5, 0.6) is 0 Å². The highest BCUT2D eigenvalue weighted by Gasteiger charge is 2.35. The van der Waals surface area contributed by atoms with E-state index in [1.54, 1.807) is 24.3 Å². The fraction of sp³-hybridized carbons (Fsp3) is 0.389. The van der Waals surface area contributed by atoms with Crippen LogP contribution in [0.3, 0.4) is 0 Å². The Bertz CT molecular complexity index is 767. The first-order valence-electron chi connectivity index (χ1n) is 8.17. The highest BCUT2D eigenvalue weighted by molar-refractivity contribution is 7.10. The van der Waals surface area contributed by atoms with Gasteiger partial charge in [-0.1, -0.05) is 6.07 Å². The van der Waals surface area contributed by atoms with E-state index in [2.05, 4.69) is 11.4 Å². The van der Waals surface area contributed by atoms with Crippen LogP contribution >= 0.6 is 11.3 Å². The van der Waals surface area contributed by atoms with Gasteiger partial charge >= 0.3 is 0 Å². The summed E-state index contributed by atoms with van der Waals surface area (Å²) < 4.78 is 5.49. The van der Waals surface area contributed by atoms with Crippen LogP contribution in [0.15, 0.2) is 35.7 Å². The van der Waals surface area contributed by atoms with Crippen LogP contribution < -0.4 is 5.32 Å². The highest BCUT2D eigenvalue weighted by atomic mass is 32.1. The predicted molar refractivity (Wildman–Crippen MR) is 96.2 cm³/mol. The third-order valence-electron chi connectivity index (χ3n) is 4.74. The van der Waals surface area contributed by atoms with Gasteiger partial charge < -0.3 is 10.1 Å². The summed E-state index contributed by atoms with van der Waals surface area (Å²) in [7, 11) is 0. The second-order valence-corrected chi connectivity index (χ2v) is 7.26. The first-order chi connectivity index (χ1) is 12.0. The lowest BCUT2D eigenvalue weighted by atomic mass is 9.78. The van der Waals surface area contributed by atoms with E-state index in [4.69, 9.17) is 4.74 Å². The molecule has 1 fully saturated rings. The number of carbonyl (C=O) groups is 1. The minimum atomic E-state index is -0.440. The molecular weight excluding hydrogens is 340 g/mol. The standard InChI is InChI=1S/C18H20N2O4S/c1-13-11-14(4-5-15(13)20(22)23)17(21)19-12-18(6-8-24-9-7-18)16-3-2-10-25-16/h2-5,10-11H,6-9,12H2,1H3,(H,19,21). The van der Waals surface area contributed by atoms with Crippen molar-refractivity contribution < 1.29 is 14.5 Å². The highest BCUT2D eigenvalue weighted by Crippen LogP contribution is 2.37. The number of carbonyl (C=O) groups excluding carboxylic acids is 1. The molecule has 1 saturated heterocycles. The summed E-state index contributed by atoms with van der Waals surface area (Å²) in [5, 5.41) is 16.0. The molecule has 0 aliphatic carbocycles. The third kappa shape index (κ3) is 3.72. The molecule has 0 saturated carbocycles. The van der Waals surface area contributed by atoms with Crippen LogP contribution in [0.1, 0.15) is 33.6 Å². The molecule has 1 N–H and O–H groups in total. The lowest BCUT2D eigenvalue weighted by molar-refractivity contribution is -0.385. The van der Waals surface area contributed by atoms with E-state index >= 15 is 0 Å². The summed E-state index contributed by atoms with van der Waals surface area (Å²) in [5.74, 6) is -0.208. The Hall–Kier alpha value is -2.25. The summed E-state index contributed by atoms with van der Waals surface area (Å²) in [5.41, 5.74) is 0.849. The average Bonchev–Trinajstić information content (AvgIpc) is 3.15. The van der Waals surface area contributed by atoms with Crippen LogP contribution in [0.25, 0.3) is 0 Å². The van der Waals surface area contributed by atoms with Crippen LogP contribution in [0, 0.1) is 17.0 Å². The minimum absolute atomic E-state index is 0.0241. The number of hydrogen-bond acceptors (Lipinski definition) is 5. The van der Waals surface area contributed by atoms with Crippen molar-refractivity contribution in [3.8, 4) is 0 Å². The average molecular weight is 360 g/mol. The number of amides is 1. The van der Waals surface area contributed by atoms with Gasteiger partial charge in [-0.15, -0.1) is 11.3 Å². The molecule has 0 atom stereocenters. The molecule has 1 aliphatic heterocycles. The molecule has 0 unspecified atom stereocenters. The van der Waals surface area contributed by atoms with Crippen LogP contribution in [-0.4, -0.2) is 30.6 Å². The number of nitrogens with zero attached hydrogens (tertiary/aromatic N) is 1. The van der Waals surface area contributed by atoms with E-state index in [0.717, 1.165) is 12.8 Å². The Morgan fingerprint density at radius 1 is 1.36 bits per heavy atom. The molecule has 2 aromatic rings. The molecule has 1 aromatic heterocycles. The van der Waals surface area contributed by atoms with Crippen molar-refractivity contribution in [3.63, 3.8) is 0 Å². The fourth-order valence-electron chi connectivity index (χ4n) is 3.21. The fourth-order valence-corrected chi connectivity index (χ4v) is 4.19. The van der Waals surface area contributed by atoms with Gasteiger partial charge in [0.2, 0.25) is 0 Å². The van der Waals surface area contributed by atoms with Crippen molar-refractivity contribution in [2.75, 3.05) is 19.8 Å². The SMILES string of the molecule is Cc1cc(C(=O)NCC2(c3cccs3)CCOCC2)ccc1[N+](=O)[O-]. The Morgan fingerprint density at radius 2 is 2.12 bits per heavy atom. The van der Waals surface area contributed by atoms with Crippen molar-refractivity contribution in [2.45, 2.75) is 25.2 Å². The predicted octanol–water partition coefficient (Wildman–Crippen LogP) is 3.44. The first kappa shape index (κ1) is 17.6. The van der Waals surface area contributed by atoms with Gasteiger partial charge in [0, 0.05) is 47.2 Å². The Morgan fingerprint density at radius 3 is 2.72 bits per heavy atom. The van der Waals surface area contributed by atoms with Crippen molar-refractivity contribution in [3.05, 3.63) is 61.8 Å². The maximum Gasteiger partial charge on any atom is 0.272 e. The van der Waals surface area contributed by atoms with Gasteiger partial charge in [-0.25, -0.2) is 0 Å². The Balaban J connectivity index is 1.74. The minimum Gasteiger partial charge on any atom is -0.381 e. The number of nitrogens with one attached hydrogen (secondary N) is 1. The lowest BCUT2D eigenvalue weighted by Crippen LogP contribution is -2.44. The quantitative estimate of drug-likeness (QED) is 0.654. The molecule has 0 spiro atoms. The second kappa shape index (κ2) is 7.33. The molecule has 1 aliphatic rings. The topological polar surface area (TPSA) is 81.5 Å². The number of thiophene rings is 1. The van der Waals surface area contributed by atoms with E-state index in [1.807, 2.05) is 11.4 Å². The zero-order valence-corrected chi connectivity index (χ0v) is 14.8. The maximum absolute atomic E-state index is 12.5. The van der Waals surface area contributed by atoms with Crippen LogP contribution in [-0.2, 0) is 10.2 Å². The first-order valence-corrected chi connectivity index (χ1v) is 9.05. The molecule has 0 radical (unpaired) electrons. The van der Waals surface area contributed by atoms with Crippen molar-refractivity contribution in [1.82, 2.24) is 5.32 Å². The summed E-state index contributed by atoms with van der Waals surface area (Å²) in [6.07, 6.45) is 1.74. The molecule has 3 rings (SSSR count). The van der Waals surface area contributed by atoms with E-state index in [9.17, 15) is 14.9 Å². The molecular formula is C18H20N2O4S. The molecule has 6 nitrogen and oxygen atoms in total. The number of ether oxygens (including phenoxy) is 1. The van der Waals surface area contributed by atoms with Crippen LogP contribution in [0.2, 0.25) is 0 Å². The van der Waals surface area contributed by atoms with Crippen molar-refractivity contribution in [1.29, 1.82) is 0 Å². The summed E-state index contributed by atoms with van der Waals surface area (Å²) in [6.45, 7) is 3.54. The number of hydrogen-bond donors (Lipinski definition) is 1. The molecule has 1 aromatic carbocycles. The van der Waals surface area contributed by atoms with E-state index in [0.29, 0.717) is 30.9 Å². The molecule has 7 heteroatoms. The molecule has 1 amide bonds. The molecule has 0 bridgehead atoms. The number of nitro groups is 1. The number of benzene rings is 1. The van der Waals surface area contributed by atoms with Crippen molar-refractivity contribution >= 4 is 22.9 Å². The zero-order valence-electron chi connectivity index (χ0n) is 14.0. The normalized spacial score (nSPS) is 16.4. The summed E-state index contributed by atoms with van der Waals surface area (Å²) in [4.78, 5) is 24.2. The molecule has 132 valence electrons. The van der Waals surface area contributed by atoms with Gasteiger partial charge in [0.25, 0.3) is 11.6 Å². The van der Waals surface area contributed by atoms with Gasteiger partial charge in [-0.2, -0.15) is 0 Å². The van der Waals surface area contributed by atoms with E-state index < -0.39 is 4.92 Å². The summed E-state index contributed by atoms with van der Waals surface area (Å²) in [6, 6.07) is 8.59. The van der Waals surface area contributed by atoms with Gasteiger partial charge in [0.1, 0.15) is 0 Å². The van der Waals surface area contributed by atoms with E-state index in [1.165, 1.54) is 17.0 Å². The van der Waals surface area contributed by atoms with Gasteiger partial charge in [0.05, 0.1) is 4.92 Å². The number of nitro benzene ring substituents is 1. The smallest absolute Gasteiger partial charge is 0.272 e. The Kier molecular flexibility index (Phi) is 5.15.